The maximum atomic E-state index is 13.7. The van der Waals surface area contributed by atoms with Crippen molar-refractivity contribution in [3.05, 3.63) is 74.7 Å². The minimum Gasteiger partial charge on any atom is -0.488 e. The summed E-state index contributed by atoms with van der Waals surface area (Å²) >= 11 is 1.50. The molecular weight excluding hydrogens is 486 g/mol. The van der Waals surface area contributed by atoms with Gasteiger partial charge in [0, 0.05) is 23.7 Å². The number of ether oxygens (including phenoxy) is 1. The zero-order valence-electron chi connectivity index (χ0n) is 21.0. The number of benzene rings is 2. The fraction of sp³-hybridized carbons (Fsp3) is 0.448. The highest BCUT2D eigenvalue weighted by atomic mass is 32.2. The molecule has 37 heavy (non-hydrogen) atoms. The lowest BCUT2D eigenvalue weighted by molar-refractivity contribution is -0.384. The lowest BCUT2D eigenvalue weighted by atomic mass is 9.94. The average molecular weight is 520 g/mol. The Hall–Kier alpha value is -3.13. The molecule has 1 amide bonds. The van der Waals surface area contributed by atoms with Crippen molar-refractivity contribution in [3.63, 3.8) is 0 Å². The summed E-state index contributed by atoms with van der Waals surface area (Å²) in [6.45, 7) is 0.280. The van der Waals surface area contributed by atoms with Crippen LogP contribution in [0.1, 0.15) is 75.3 Å². The molecule has 0 bridgehead atoms. The Morgan fingerprint density at radius 1 is 0.973 bits per heavy atom. The van der Waals surface area contributed by atoms with Crippen LogP contribution in [0.4, 0.5) is 5.69 Å². The number of amides is 1. The van der Waals surface area contributed by atoms with Gasteiger partial charge >= 0.3 is 0 Å². The number of nitro benzene ring substituents is 1. The van der Waals surface area contributed by atoms with E-state index in [4.69, 9.17) is 9.73 Å². The van der Waals surface area contributed by atoms with Gasteiger partial charge in [0.2, 0.25) is 0 Å². The number of carbonyl (C=O) groups is 1. The molecular formula is C29H33N3O4S. The minimum atomic E-state index is -0.412. The molecule has 5 rings (SSSR count). The summed E-state index contributed by atoms with van der Waals surface area (Å²) in [6.07, 6.45) is 13.5. The third-order valence-corrected chi connectivity index (χ3v) is 8.39. The average Bonchev–Trinajstić information content (AvgIpc) is 3.23. The molecule has 1 aliphatic heterocycles. The summed E-state index contributed by atoms with van der Waals surface area (Å²) in [4.78, 5) is 32.0. The summed E-state index contributed by atoms with van der Waals surface area (Å²) in [5.41, 5.74) is 1.73. The van der Waals surface area contributed by atoms with Gasteiger partial charge in [-0.1, -0.05) is 56.7 Å². The van der Waals surface area contributed by atoms with E-state index < -0.39 is 4.92 Å². The molecule has 1 heterocycles. The maximum absolute atomic E-state index is 13.7. The summed E-state index contributed by atoms with van der Waals surface area (Å²) in [7, 11) is 0. The van der Waals surface area contributed by atoms with Crippen molar-refractivity contribution in [2.45, 2.75) is 82.9 Å². The van der Waals surface area contributed by atoms with Gasteiger partial charge in [0.1, 0.15) is 12.4 Å². The van der Waals surface area contributed by atoms with E-state index in [1.54, 1.807) is 12.1 Å². The van der Waals surface area contributed by atoms with E-state index in [0.717, 1.165) is 54.8 Å². The van der Waals surface area contributed by atoms with Crippen LogP contribution in [0.15, 0.2) is 58.4 Å². The SMILES string of the molecule is O=C1C(=Cc2ccccc2OCc2ccc([N+](=O)[O-])cc2)SC(=NC2CCCCC2)N1C1CCCCC1. The molecule has 0 N–H and O–H groups in total. The summed E-state index contributed by atoms with van der Waals surface area (Å²) in [5, 5.41) is 11.8. The zero-order chi connectivity index (χ0) is 25.6. The smallest absolute Gasteiger partial charge is 0.269 e. The van der Waals surface area contributed by atoms with Crippen LogP contribution in [0.25, 0.3) is 6.08 Å². The van der Waals surface area contributed by atoms with E-state index in [1.165, 1.54) is 49.6 Å². The van der Waals surface area contributed by atoms with E-state index in [1.807, 2.05) is 35.2 Å². The Labute approximate surface area is 222 Å². The topological polar surface area (TPSA) is 85.0 Å². The van der Waals surface area contributed by atoms with Gasteiger partial charge in [-0.15, -0.1) is 0 Å². The van der Waals surface area contributed by atoms with Crippen LogP contribution >= 0.6 is 11.8 Å². The number of para-hydroxylation sites is 1. The van der Waals surface area contributed by atoms with E-state index in [9.17, 15) is 14.9 Å². The molecule has 3 fully saturated rings. The molecule has 2 aromatic carbocycles. The second kappa shape index (κ2) is 11.9. The van der Waals surface area contributed by atoms with E-state index in [-0.39, 0.29) is 24.2 Å². The predicted octanol–water partition coefficient (Wildman–Crippen LogP) is 7.11. The number of nitrogens with zero attached hydrogens (tertiary/aromatic N) is 3. The highest BCUT2D eigenvalue weighted by Crippen LogP contribution is 2.39. The summed E-state index contributed by atoms with van der Waals surface area (Å²) < 4.78 is 6.08. The van der Waals surface area contributed by atoms with Crippen LogP contribution in [0.2, 0.25) is 0 Å². The molecule has 0 radical (unpaired) electrons. The van der Waals surface area contributed by atoms with Crippen molar-refractivity contribution >= 4 is 34.6 Å². The van der Waals surface area contributed by atoms with E-state index in [0.29, 0.717) is 16.7 Å². The molecule has 0 aromatic heterocycles. The Balaban J connectivity index is 1.37. The number of aliphatic imine (C=N–C) groups is 1. The molecule has 2 saturated carbocycles. The van der Waals surface area contributed by atoms with Gasteiger partial charge in [-0.05, 0) is 67.3 Å². The molecule has 2 aliphatic carbocycles. The van der Waals surface area contributed by atoms with Crippen molar-refractivity contribution in [1.82, 2.24) is 4.90 Å². The van der Waals surface area contributed by atoms with Crippen molar-refractivity contribution in [3.8, 4) is 5.75 Å². The predicted molar refractivity (Wildman–Crippen MR) is 147 cm³/mol. The van der Waals surface area contributed by atoms with Crippen molar-refractivity contribution < 1.29 is 14.5 Å². The monoisotopic (exact) mass is 519 g/mol. The highest BCUT2D eigenvalue weighted by Gasteiger charge is 2.39. The van der Waals surface area contributed by atoms with Gasteiger partial charge in [-0.2, -0.15) is 0 Å². The van der Waals surface area contributed by atoms with Gasteiger partial charge in [-0.3, -0.25) is 24.8 Å². The molecule has 2 aromatic rings. The van der Waals surface area contributed by atoms with Gasteiger partial charge in [0.25, 0.3) is 11.6 Å². The number of hydrogen-bond donors (Lipinski definition) is 0. The van der Waals surface area contributed by atoms with Crippen LogP contribution in [0.5, 0.6) is 5.75 Å². The highest BCUT2D eigenvalue weighted by molar-refractivity contribution is 8.18. The number of rotatable bonds is 7. The van der Waals surface area contributed by atoms with Crippen LogP contribution in [-0.4, -0.2) is 33.0 Å². The quantitative estimate of drug-likeness (QED) is 0.221. The summed E-state index contributed by atoms with van der Waals surface area (Å²) in [5.74, 6) is 0.722. The van der Waals surface area contributed by atoms with Gasteiger partial charge in [-0.25, -0.2) is 0 Å². The fourth-order valence-corrected chi connectivity index (χ4v) is 6.45. The Kier molecular flexibility index (Phi) is 8.24. The number of nitro groups is 1. The molecule has 0 spiro atoms. The lowest BCUT2D eigenvalue weighted by Gasteiger charge is -2.31. The van der Waals surface area contributed by atoms with Crippen LogP contribution in [0.3, 0.4) is 0 Å². The fourth-order valence-electron chi connectivity index (χ4n) is 5.35. The first-order valence-electron chi connectivity index (χ1n) is 13.3. The van der Waals surface area contributed by atoms with Crippen LogP contribution in [-0.2, 0) is 11.4 Å². The number of non-ortho nitro benzene ring substituents is 1. The van der Waals surface area contributed by atoms with E-state index in [2.05, 4.69) is 0 Å². The Morgan fingerprint density at radius 2 is 1.65 bits per heavy atom. The number of amidine groups is 1. The normalized spacial score (nSPS) is 21.6. The van der Waals surface area contributed by atoms with E-state index >= 15 is 0 Å². The van der Waals surface area contributed by atoms with Crippen LogP contribution < -0.4 is 4.74 Å². The zero-order valence-corrected chi connectivity index (χ0v) is 21.8. The molecule has 3 aliphatic rings. The maximum Gasteiger partial charge on any atom is 0.269 e. The Bertz CT molecular complexity index is 1180. The molecule has 194 valence electrons. The largest absolute Gasteiger partial charge is 0.488 e. The number of thioether (sulfide) groups is 1. The second-order valence-corrected chi connectivity index (χ2v) is 11.0. The minimum absolute atomic E-state index is 0.0524. The first-order chi connectivity index (χ1) is 18.1. The third kappa shape index (κ3) is 6.24. The molecule has 7 nitrogen and oxygen atoms in total. The third-order valence-electron chi connectivity index (χ3n) is 7.39. The molecule has 1 saturated heterocycles. The molecule has 8 heteroatoms. The van der Waals surface area contributed by atoms with Crippen molar-refractivity contribution in [2.24, 2.45) is 4.99 Å². The lowest BCUT2D eigenvalue weighted by Crippen LogP contribution is -2.41. The second-order valence-electron chi connectivity index (χ2n) is 10.0. The van der Waals surface area contributed by atoms with Gasteiger partial charge in [0.15, 0.2) is 5.17 Å². The summed E-state index contributed by atoms with van der Waals surface area (Å²) in [6, 6.07) is 14.6. The van der Waals surface area contributed by atoms with Gasteiger partial charge < -0.3 is 4.74 Å². The number of hydrogen-bond acceptors (Lipinski definition) is 6. The Morgan fingerprint density at radius 3 is 2.35 bits per heavy atom. The van der Waals surface area contributed by atoms with Crippen LogP contribution in [0, 0.1) is 10.1 Å². The van der Waals surface area contributed by atoms with Crippen molar-refractivity contribution in [1.29, 1.82) is 0 Å². The number of carbonyl (C=O) groups excluding carboxylic acids is 1. The first kappa shape index (κ1) is 25.5. The van der Waals surface area contributed by atoms with Crippen molar-refractivity contribution in [2.75, 3.05) is 0 Å². The standard InChI is InChI=1S/C29H33N3O4S/c33-28-27(37-29(30-23-10-3-1-4-11-23)31(28)24-12-5-2-6-13-24)19-22-9-7-8-14-26(22)36-20-21-15-17-25(18-16-21)32(34)35/h7-9,14-19,23-24H,1-6,10-13,20H2. The molecule has 0 atom stereocenters. The van der Waals surface area contributed by atoms with Gasteiger partial charge in [0.05, 0.1) is 15.9 Å². The first-order valence-corrected chi connectivity index (χ1v) is 14.2. The molecule has 0 unspecified atom stereocenters.